The molecule has 2 aliphatic carbocycles. The number of carboxylic acids is 1. The Kier molecular flexibility index (Phi) is 8.14. The minimum atomic E-state index is -1.13. The lowest BCUT2D eigenvalue weighted by molar-refractivity contribution is 0.0696. The topological polar surface area (TPSA) is 76.4 Å². The van der Waals surface area contributed by atoms with E-state index in [0.29, 0.717) is 0 Å². The quantitative estimate of drug-likeness (QED) is 0.0900. The minimum Gasteiger partial charge on any atom is -0.478 e. The first-order valence-corrected chi connectivity index (χ1v) is 17.0. The number of thiophene rings is 1. The van der Waals surface area contributed by atoms with Crippen molar-refractivity contribution in [1.82, 2.24) is 4.57 Å². The van der Waals surface area contributed by atoms with Gasteiger partial charge in [0.25, 0.3) is 0 Å². The SMILES string of the molecule is CCCCCCCCC1=CC=C(c2ccc(-n3c4ccccc4c4cc(/C=C5/C(=O)c6ccc(C(=O)O)cc6C5=O)ccc43)s2)C1. The highest BCUT2D eigenvalue weighted by Crippen LogP contribution is 2.40. The van der Waals surface area contributed by atoms with Crippen LogP contribution in [0.4, 0.5) is 0 Å². The fraction of sp³-hybridized carbons (Fsp3) is 0.225. The van der Waals surface area contributed by atoms with Crippen molar-refractivity contribution in [3.8, 4) is 5.00 Å². The zero-order chi connectivity index (χ0) is 31.8. The highest BCUT2D eigenvalue weighted by molar-refractivity contribution is 7.15. The largest absolute Gasteiger partial charge is 0.478 e. The number of unbranched alkanes of at least 4 members (excludes halogenated alkanes) is 5. The summed E-state index contributed by atoms with van der Waals surface area (Å²) in [6, 6.07) is 22.8. The van der Waals surface area contributed by atoms with Crippen molar-refractivity contribution in [2.24, 2.45) is 0 Å². The number of aromatic nitrogens is 1. The molecule has 0 fully saturated rings. The third-order valence-corrected chi connectivity index (χ3v) is 10.3. The third kappa shape index (κ3) is 5.47. The summed E-state index contributed by atoms with van der Waals surface area (Å²) in [5.41, 5.74) is 6.23. The molecule has 0 saturated carbocycles. The second kappa shape index (κ2) is 12.5. The normalized spacial score (nSPS) is 15.3. The van der Waals surface area contributed by atoms with Gasteiger partial charge in [0.1, 0.15) is 5.00 Å². The van der Waals surface area contributed by atoms with Gasteiger partial charge in [-0.25, -0.2) is 4.79 Å². The number of allylic oxidation sites excluding steroid dienone is 5. The second-order valence-corrected chi connectivity index (χ2v) is 13.3. The molecule has 0 amide bonds. The van der Waals surface area contributed by atoms with Crippen LogP contribution < -0.4 is 0 Å². The van der Waals surface area contributed by atoms with Crippen LogP contribution in [0.5, 0.6) is 0 Å². The first-order valence-electron chi connectivity index (χ1n) is 16.1. The van der Waals surface area contributed by atoms with Crippen molar-refractivity contribution >= 4 is 62.3 Å². The van der Waals surface area contributed by atoms with Crippen LogP contribution in [0, 0.1) is 0 Å². The minimum absolute atomic E-state index is 0.0128. The maximum atomic E-state index is 13.2. The summed E-state index contributed by atoms with van der Waals surface area (Å²) in [4.78, 5) is 39.1. The van der Waals surface area contributed by atoms with E-state index in [1.807, 2.05) is 24.3 Å². The fourth-order valence-electron chi connectivity index (χ4n) is 6.75. The molecule has 2 heterocycles. The molecular weight excluding hydrogens is 591 g/mol. The molecule has 5 nitrogen and oxygen atoms in total. The highest BCUT2D eigenvalue weighted by Gasteiger charge is 2.33. The molecule has 230 valence electrons. The van der Waals surface area contributed by atoms with Crippen LogP contribution in [0.15, 0.2) is 96.1 Å². The number of carbonyl (C=O) groups is 3. The number of hydrogen-bond acceptors (Lipinski definition) is 4. The molecule has 46 heavy (non-hydrogen) atoms. The van der Waals surface area contributed by atoms with E-state index in [4.69, 9.17) is 0 Å². The van der Waals surface area contributed by atoms with Crippen molar-refractivity contribution in [3.05, 3.63) is 123 Å². The number of carboxylic acid groups (broad SMARTS) is 1. The molecule has 0 radical (unpaired) electrons. The number of carbonyl (C=O) groups excluding carboxylic acids is 2. The highest BCUT2D eigenvalue weighted by atomic mass is 32.1. The predicted molar refractivity (Wildman–Crippen MR) is 187 cm³/mol. The van der Waals surface area contributed by atoms with E-state index in [2.05, 4.69) is 54.0 Å². The molecule has 7 rings (SSSR count). The van der Waals surface area contributed by atoms with Crippen molar-refractivity contribution in [1.29, 1.82) is 0 Å². The van der Waals surface area contributed by atoms with Gasteiger partial charge in [0.05, 0.1) is 22.2 Å². The van der Waals surface area contributed by atoms with Gasteiger partial charge in [-0.15, -0.1) is 11.3 Å². The third-order valence-electron chi connectivity index (χ3n) is 9.17. The lowest BCUT2D eigenvalue weighted by atomic mass is 10.0. The van der Waals surface area contributed by atoms with E-state index in [-0.39, 0.29) is 28.0 Å². The first kappa shape index (κ1) is 29.9. The summed E-state index contributed by atoms with van der Waals surface area (Å²) in [5.74, 6) is -1.95. The van der Waals surface area contributed by atoms with Gasteiger partial charge in [-0.2, -0.15) is 0 Å². The van der Waals surface area contributed by atoms with Crippen molar-refractivity contribution in [2.75, 3.05) is 0 Å². The fourth-order valence-corrected chi connectivity index (χ4v) is 7.80. The Morgan fingerprint density at radius 1 is 0.826 bits per heavy atom. The molecule has 1 N–H and O–H groups in total. The summed E-state index contributed by atoms with van der Waals surface area (Å²) in [7, 11) is 0. The van der Waals surface area contributed by atoms with Crippen molar-refractivity contribution in [2.45, 2.75) is 58.3 Å². The number of aromatic carboxylic acids is 1. The van der Waals surface area contributed by atoms with Crippen LogP contribution in [0.3, 0.4) is 0 Å². The van der Waals surface area contributed by atoms with Gasteiger partial charge in [-0.05, 0) is 85.0 Å². The number of ketones is 2. The van der Waals surface area contributed by atoms with Crippen LogP contribution >= 0.6 is 11.3 Å². The molecule has 0 atom stereocenters. The molecule has 3 aromatic carbocycles. The smallest absolute Gasteiger partial charge is 0.335 e. The maximum absolute atomic E-state index is 13.2. The second-order valence-electron chi connectivity index (χ2n) is 12.3. The van der Waals surface area contributed by atoms with Crippen molar-refractivity contribution in [3.63, 3.8) is 0 Å². The number of nitrogens with zero attached hydrogens (tertiary/aromatic N) is 1. The van der Waals surface area contributed by atoms with E-state index >= 15 is 0 Å². The molecule has 0 unspecified atom stereocenters. The zero-order valence-corrected chi connectivity index (χ0v) is 26.7. The van der Waals surface area contributed by atoms with E-state index in [1.54, 1.807) is 17.4 Å². The Morgan fingerprint density at radius 2 is 1.61 bits per heavy atom. The van der Waals surface area contributed by atoms with E-state index in [1.165, 1.54) is 79.2 Å². The standard InChI is InChI=1S/C40H35NO4S/c1-2-3-4-5-6-7-10-25-13-15-27(21-25)36-19-20-37(46-36)41-34-12-9-8-11-29(34)31-22-26(14-18-35(31)41)23-33-38(42)30-17-16-28(40(44)45)24-32(30)39(33)43/h8-9,11-20,22-24H,2-7,10,21H2,1H3,(H,44,45)/b33-23-. The van der Waals surface area contributed by atoms with E-state index in [9.17, 15) is 19.5 Å². The average Bonchev–Trinajstić information content (AvgIpc) is 3.85. The monoisotopic (exact) mass is 625 g/mol. The predicted octanol–water partition coefficient (Wildman–Crippen LogP) is 10.5. The number of para-hydroxylation sites is 1. The van der Waals surface area contributed by atoms with Crippen LogP contribution in [-0.4, -0.2) is 27.2 Å². The van der Waals surface area contributed by atoms with E-state index in [0.717, 1.165) is 38.8 Å². The molecule has 0 saturated heterocycles. The summed E-state index contributed by atoms with van der Waals surface area (Å²) < 4.78 is 2.30. The molecule has 0 bridgehead atoms. The maximum Gasteiger partial charge on any atom is 0.335 e. The Balaban J connectivity index is 1.15. The van der Waals surface area contributed by atoms with E-state index < -0.39 is 11.8 Å². The summed E-state index contributed by atoms with van der Waals surface area (Å²) in [5, 5.41) is 12.6. The molecule has 6 heteroatoms. The average molecular weight is 626 g/mol. The van der Waals surface area contributed by atoms with Gasteiger partial charge in [0.15, 0.2) is 11.6 Å². The van der Waals surface area contributed by atoms with Gasteiger partial charge >= 0.3 is 5.97 Å². The summed E-state index contributed by atoms with van der Waals surface area (Å²) in [6.45, 7) is 2.26. The van der Waals surface area contributed by atoms with Crippen LogP contribution in [0.2, 0.25) is 0 Å². The first-order chi connectivity index (χ1) is 22.4. The molecule has 0 spiro atoms. The Bertz CT molecular complexity index is 2140. The van der Waals surface area contributed by atoms with Gasteiger partial charge in [-0.3, -0.25) is 9.59 Å². The lowest BCUT2D eigenvalue weighted by Crippen LogP contribution is -2.01. The Labute approximate surface area is 272 Å². The van der Waals surface area contributed by atoms with Crippen LogP contribution in [0.1, 0.15) is 99.8 Å². The summed E-state index contributed by atoms with van der Waals surface area (Å²) >= 11 is 1.80. The van der Waals surface area contributed by atoms with Gasteiger partial charge in [-0.1, -0.05) is 81.0 Å². The number of hydrogen-bond donors (Lipinski definition) is 1. The number of benzene rings is 3. The molecule has 0 aliphatic heterocycles. The van der Waals surface area contributed by atoms with Crippen LogP contribution in [-0.2, 0) is 0 Å². The Hall–Kier alpha value is -4.81. The van der Waals surface area contributed by atoms with Gasteiger partial charge < -0.3 is 9.67 Å². The van der Waals surface area contributed by atoms with Crippen molar-refractivity contribution < 1.29 is 19.5 Å². The molecule has 2 aromatic heterocycles. The summed E-state index contributed by atoms with van der Waals surface area (Å²) in [6.07, 6.45) is 16.4. The Morgan fingerprint density at radius 3 is 2.46 bits per heavy atom. The molecular formula is C40H35NO4S. The number of fused-ring (bicyclic) bond motifs is 4. The number of rotatable bonds is 11. The lowest BCUT2D eigenvalue weighted by Gasteiger charge is -2.06. The molecule has 5 aromatic rings. The molecule has 2 aliphatic rings. The zero-order valence-electron chi connectivity index (χ0n) is 25.8. The number of Topliss-reactive ketones (excluding diaryl/α,β-unsaturated/α-hetero) is 2. The van der Waals surface area contributed by atoms with Crippen LogP contribution in [0.25, 0.3) is 38.5 Å². The van der Waals surface area contributed by atoms with Gasteiger partial charge in [0.2, 0.25) is 0 Å². The van der Waals surface area contributed by atoms with Gasteiger partial charge in [0, 0.05) is 26.8 Å².